The number of aliphatic hydroxyl groups is 1. The van der Waals surface area contributed by atoms with Gasteiger partial charge in [0, 0.05) is 25.3 Å². The maximum Gasteiger partial charge on any atom is 0.277 e. The lowest BCUT2D eigenvalue weighted by molar-refractivity contribution is -0.123. The quantitative estimate of drug-likeness (QED) is 0.565. The van der Waals surface area contributed by atoms with Crippen molar-refractivity contribution in [1.82, 2.24) is 5.43 Å². The lowest BCUT2D eigenvalue weighted by atomic mass is 10.2. The number of amides is 1. The van der Waals surface area contributed by atoms with Crippen LogP contribution in [0.4, 0.5) is 10.1 Å². The maximum atomic E-state index is 13.0. The fraction of sp³-hybridized carbons (Fsp3) is 0.222. The van der Waals surface area contributed by atoms with Crippen LogP contribution in [0.25, 0.3) is 0 Å². The second-order valence-corrected chi connectivity index (χ2v) is 5.28. The highest BCUT2D eigenvalue weighted by Crippen LogP contribution is 2.13. The van der Waals surface area contributed by atoms with Crippen LogP contribution in [0.2, 0.25) is 0 Å². The molecule has 2 aromatic carbocycles. The molecular formula is C18H20FN3O3. The molecule has 0 unspecified atom stereocenters. The summed E-state index contributed by atoms with van der Waals surface area (Å²) in [5, 5.41) is 12.8. The van der Waals surface area contributed by atoms with Gasteiger partial charge in [0.2, 0.25) is 0 Å². The van der Waals surface area contributed by atoms with Crippen molar-refractivity contribution in [2.24, 2.45) is 5.10 Å². The number of anilines is 1. The summed E-state index contributed by atoms with van der Waals surface area (Å²) in [6.07, 6.45) is 1.51. The van der Waals surface area contributed by atoms with Crippen molar-refractivity contribution in [3.63, 3.8) is 0 Å². The third-order valence-electron chi connectivity index (χ3n) is 3.34. The average molecular weight is 345 g/mol. The van der Waals surface area contributed by atoms with Gasteiger partial charge in [0.1, 0.15) is 11.6 Å². The Morgan fingerprint density at radius 1 is 1.32 bits per heavy atom. The van der Waals surface area contributed by atoms with Crippen LogP contribution in [0.3, 0.4) is 0 Å². The van der Waals surface area contributed by atoms with Crippen LogP contribution in [0.1, 0.15) is 5.56 Å². The zero-order valence-corrected chi connectivity index (χ0v) is 13.9. The van der Waals surface area contributed by atoms with E-state index in [0.29, 0.717) is 6.54 Å². The molecule has 2 N–H and O–H groups in total. The zero-order chi connectivity index (χ0) is 18.1. The highest BCUT2D eigenvalue weighted by molar-refractivity contribution is 5.83. The van der Waals surface area contributed by atoms with E-state index in [0.717, 1.165) is 11.3 Å². The molecule has 0 radical (unpaired) electrons. The lowest BCUT2D eigenvalue weighted by Gasteiger charge is -2.17. The summed E-state index contributed by atoms with van der Waals surface area (Å²) in [6, 6.07) is 13.1. The molecule has 7 heteroatoms. The first kappa shape index (κ1) is 18.4. The molecule has 0 spiro atoms. The summed E-state index contributed by atoms with van der Waals surface area (Å²) in [5.74, 6) is -0.592. The van der Waals surface area contributed by atoms with E-state index in [9.17, 15) is 9.18 Å². The number of likely N-dealkylation sites (N-methyl/N-ethyl adjacent to an activating group) is 1. The van der Waals surface area contributed by atoms with E-state index in [2.05, 4.69) is 10.5 Å². The van der Waals surface area contributed by atoms with Gasteiger partial charge in [-0.2, -0.15) is 5.10 Å². The number of hydrogen-bond donors (Lipinski definition) is 2. The second kappa shape index (κ2) is 9.39. The molecule has 0 aromatic heterocycles. The number of nitrogens with zero attached hydrogens (tertiary/aromatic N) is 2. The van der Waals surface area contributed by atoms with E-state index in [1.54, 1.807) is 6.07 Å². The molecule has 2 rings (SSSR count). The van der Waals surface area contributed by atoms with Crippen molar-refractivity contribution in [3.8, 4) is 5.75 Å². The van der Waals surface area contributed by atoms with Gasteiger partial charge in [-0.1, -0.05) is 18.2 Å². The van der Waals surface area contributed by atoms with Gasteiger partial charge >= 0.3 is 0 Å². The van der Waals surface area contributed by atoms with Crippen LogP contribution < -0.4 is 15.1 Å². The first-order chi connectivity index (χ1) is 12.1. The van der Waals surface area contributed by atoms with E-state index < -0.39 is 11.7 Å². The Morgan fingerprint density at radius 3 is 2.76 bits per heavy atom. The monoisotopic (exact) mass is 345 g/mol. The molecule has 0 aliphatic heterocycles. The standard InChI is InChI=1S/C18H20FN3O3/c1-22(9-10-23)16-7-5-14(6-8-16)12-20-21-18(24)13-25-17-4-2-3-15(19)11-17/h2-8,11-12,23H,9-10,13H2,1H3,(H,21,24)/b20-12-. The van der Waals surface area contributed by atoms with Crippen molar-refractivity contribution in [2.75, 3.05) is 31.7 Å². The molecule has 1 amide bonds. The largest absolute Gasteiger partial charge is 0.484 e. The zero-order valence-electron chi connectivity index (χ0n) is 13.9. The number of halogens is 1. The molecule has 0 aliphatic rings. The average Bonchev–Trinajstić information content (AvgIpc) is 2.61. The summed E-state index contributed by atoms with van der Waals surface area (Å²) < 4.78 is 18.1. The van der Waals surface area contributed by atoms with E-state index in [-0.39, 0.29) is 19.0 Å². The number of hydrazone groups is 1. The fourth-order valence-electron chi connectivity index (χ4n) is 2.01. The minimum atomic E-state index is -0.445. The van der Waals surface area contributed by atoms with Crippen molar-refractivity contribution >= 4 is 17.8 Å². The van der Waals surface area contributed by atoms with Crippen LogP contribution in [-0.4, -0.2) is 44.0 Å². The summed E-state index contributed by atoms with van der Waals surface area (Å²) in [7, 11) is 1.89. The highest BCUT2D eigenvalue weighted by Gasteiger charge is 2.02. The van der Waals surface area contributed by atoms with Crippen LogP contribution >= 0.6 is 0 Å². The second-order valence-electron chi connectivity index (χ2n) is 5.28. The SMILES string of the molecule is CN(CCO)c1ccc(/C=N\NC(=O)COc2cccc(F)c2)cc1. The van der Waals surface area contributed by atoms with Gasteiger partial charge in [0.25, 0.3) is 5.91 Å². The van der Waals surface area contributed by atoms with E-state index >= 15 is 0 Å². The first-order valence-corrected chi connectivity index (χ1v) is 7.71. The Balaban J connectivity index is 1.79. The molecule has 0 bridgehead atoms. The molecular weight excluding hydrogens is 325 g/mol. The Bertz CT molecular complexity index is 720. The number of carbonyl (C=O) groups is 1. The Hall–Kier alpha value is -2.93. The predicted molar refractivity (Wildman–Crippen MR) is 94.4 cm³/mol. The number of rotatable bonds is 8. The van der Waals surface area contributed by atoms with Gasteiger partial charge in [0.05, 0.1) is 12.8 Å². The van der Waals surface area contributed by atoms with Gasteiger partial charge in [-0.15, -0.1) is 0 Å². The van der Waals surface area contributed by atoms with Crippen molar-refractivity contribution in [2.45, 2.75) is 0 Å². The van der Waals surface area contributed by atoms with Crippen LogP contribution in [-0.2, 0) is 4.79 Å². The third-order valence-corrected chi connectivity index (χ3v) is 3.34. The number of benzene rings is 2. The molecule has 132 valence electrons. The molecule has 2 aromatic rings. The van der Waals surface area contributed by atoms with Gasteiger partial charge in [-0.05, 0) is 29.8 Å². The number of hydrogen-bond acceptors (Lipinski definition) is 5. The first-order valence-electron chi connectivity index (χ1n) is 7.71. The molecule has 6 nitrogen and oxygen atoms in total. The van der Waals surface area contributed by atoms with Crippen molar-refractivity contribution in [3.05, 3.63) is 59.9 Å². The fourth-order valence-corrected chi connectivity index (χ4v) is 2.01. The minimum Gasteiger partial charge on any atom is -0.484 e. The van der Waals surface area contributed by atoms with Crippen LogP contribution in [0.15, 0.2) is 53.6 Å². The number of ether oxygens (including phenoxy) is 1. The maximum absolute atomic E-state index is 13.0. The molecule has 0 saturated heterocycles. The molecule has 0 saturated carbocycles. The predicted octanol–water partition coefficient (Wildman–Crippen LogP) is 1.78. The van der Waals surface area contributed by atoms with Crippen LogP contribution in [0, 0.1) is 5.82 Å². The summed E-state index contributed by atoms with van der Waals surface area (Å²) in [5.41, 5.74) is 4.13. The number of nitrogens with one attached hydrogen (secondary N) is 1. The molecule has 0 aliphatic carbocycles. The summed E-state index contributed by atoms with van der Waals surface area (Å²) in [4.78, 5) is 13.6. The molecule has 0 heterocycles. The van der Waals surface area contributed by atoms with Crippen molar-refractivity contribution < 1.29 is 19.0 Å². The van der Waals surface area contributed by atoms with E-state index in [4.69, 9.17) is 9.84 Å². The van der Waals surface area contributed by atoms with E-state index in [1.807, 2.05) is 36.2 Å². The number of aliphatic hydroxyl groups excluding tert-OH is 1. The summed E-state index contributed by atoms with van der Waals surface area (Å²) >= 11 is 0. The van der Waals surface area contributed by atoms with Gasteiger partial charge in [-0.3, -0.25) is 4.79 Å². The highest BCUT2D eigenvalue weighted by atomic mass is 19.1. The third kappa shape index (κ3) is 6.23. The lowest BCUT2D eigenvalue weighted by Crippen LogP contribution is -2.24. The van der Waals surface area contributed by atoms with E-state index in [1.165, 1.54) is 24.4 Å². The van der Waals surface area contributed by atoms with Gasteiger partial charge in [-0.25, -0.2) is 9.82 Å². The van der Waals surface area contributed by atoms with Gasteiger partial charge < -0.3 is 14.7 Å². The Kier molecular flexibility index (Phi) is 6.91. The molecule has 0 fully saturated rings. The molecule has 25 heavy (non-hydrogen) atoms. The smallest absolute Gasteiger partial charge is 0.277 e. The number of carbonyl (C=O) groups excluding carboxylic acids is 1. The molecule has 0 atom stereocenters. The Labute approximate surface area is 145 Å². The normalized spacial score (nSPS) is 10.7. The summed E-state index contributed by atoms with van der Waals surface area (Å²) in [6.45, 7) is 0.379. The minimum absolute atomic E-state index is 0.0867. The van der Waals surface area contributed by atoms with Gasteiger partial charge in [0.15, 0.2) is 6.61 Å². The van der Waals surface area contributed by atoms with Crippen molar-refractivity contribution in [1.29, 1.82) is 0 Å². The van der Waals surface area contributed by atoms with Crippen LogP contribution in [0.5, 0.6) is 5.75 Å². The topological polar surface area (TPSA) is 74.2 Å². The Morgan fingerprint density at radius 2 is 2.08 bits per heavy atom.